The molecule has 0 radical (unpaired) electrons. The first-order valence-electron chi connectivity index (χ1n) is 9.85. The average molecular weight is 399 g/mol. The zero-order valence-electron chi connectivity index (χ0n) is 16.8. The minimum Gasteiger partial charge on any atom is -0.481 e. The molecule has 4 rings (SSSR count). The van der Waals surface area contributed by atoms with Crippen molar-refractivity contribution in [3.8, 4) is 5.88 Å². The molecule has 2 aliphatic heterocycles. The van der Waals surface area contributed by atoms with E-state index in [-0.39, 0.29) is 30.3 Å². The number of amides is 1. The van der Waals surface area contributed by atoms with Crippen LogP contribution in [0.15, 0.2) is 42.5 Å². The van der Waals surface area contributed by atoms with E-state index >= 15 is 0 Å². The van der Waals surface area contributed by atoms with Gasteiger partial charge in [-0.15, -0.1) is 0 Å². The summed E-state index contributed by atoms with van der Waals surface area (Å²) in [7, 11) is 3.14. The normalized spacial score (nSPS) is 24.0. The number of rotatable bonds is 6. The minimum atomic E-state index is -0.277. The lowest BCUT2D eigenvalue weighted by Crippen LogP contribution is -2.37. The number of aromatic nitrogens is 1. The van der Waals surface area contributed by atoms with Crippen molar-refractivity contribution in [3.63, 3.8) is 0 Å². The molecule has 2 aliphatic rings. The summed E-state index contributed by atoms with van der Waals surface area (Å²) in [5, 5.41) is 0. The fourth-order valence-electron chi connectivity index (χ4n) is 4.74. The van der Waals surface area contributed by atoms with E-state index in [2.05, 4.69) is 9.88 Å². The van der Waals surface area contributed by atoms with Crippen LogP contribution in [0, 0.1) is 17.7 Å². The quantitative estimate of drug-likeness (QED) is 0.747. The maximum atomic E-state index is 13.9. The van der Waals surface area contributed by atoms with Crippen LogP contribution in [0.25, 0.3) is 0 Å². The van der Waals surface area contributed by atoms with Crippen molar-refractivity contribution < 1.29 is 18.7 Å². The van der Waals surface area contributed by atoms with Gasteiger partial charge in [0.2, 0.25) is 11.8 Å². The zero-order valence-corrected chi connectivity index (χ0v) is 16.8. The highest BCUT2D eigenvalue weighted by Crippen LogP contribution is 2.45. The number of nitrogens with zero attached hydrogens (tertiary/aromatic N) is 3. The number of hydrogen-bond acceptors (Lipinski definition) is 5. The number of halogens is 1. The number of ether oxygens (including phenoxy) is 2. The molecular formula is C22H26FN3O3. The van der Waals surface area contributed by atoms with Gasteiger partial charge >= 0.3 is 0 Å². The molecule has 0 aliphatic carbocycles. The van der Waals surface area contributed by atoms with Crippen LogP contribution in [0.2, 0.25) is 0 Å². The molecule has 6 nitrogen and oxygen atoms in total. The van der Waals surface area contributed by atoms with E-state index in [1.165, 1.54) is 13.2 Å². The molecule has 2 saturated heterocycles. The monoisotopic (exact) mass is 399 g/mol. The third-order valence-electron chi connectivity index (χ3n) is 5.89. The predicted molar refractivity (Wildman–Crippen MR) is 106 cm³/mol. The maximum Gasteiger partial charge on any atom is 0.249 e. The van der Waals surface area contributed by atoms with Crippen molar-refractivity contribution in [3.05, 3.63) is 59.5 Å². The summed E-state index contributed by atoms with van der Waals surface area (Å²) in [6.45, 7) is 3.15. The standard InChI is InChI=1S/C22H26FN3O3/c1-28-14-21(27)26-11-16-10-25(12-18-7-4-8-20(24-18)29-2)13-19(16)22(26)15-5-3-6-17(23)9-15/h3-9,16,19,22H,10-14H2,1-2H3/t16-,19-,22+/m1/s1. The number of carbonyl (C=O) groups is 1. The Labute approximate surface area is 170 Å². The van der Waals surface area contributed by atoms with Crippen LogP contribution in [-0.2, 0) is 16.1 Å². The summed E-state index contributed by atoms with van der Waals surface area (Å²) >= 11 is 0. The van der Waals surface area contributed by atoms with Crippen molar-refractivity contribution in [1.82, 2.24) is 14.8 Å². The van der Waals surface area contributed by atoms with Gasteiger partial charge in [0.05, 0.1) is 18.8 Å². The van der Waals surface area contributed by atoms with Crippen molar-refractivity contribution in [1.29, 1.82) is 0 Å². The molecular weight excluding hydrogens is 373 g/mol. The number of benzene rings is 1. The van der Waals surface area contributed by atoms with Gasteiger partial charge in [-0.3, -0.25) is 9.69 Å². The first-order chi connectivity index (χ1) is 14.1. The van der Waals surface area contributed by atoms with Gasteiger partial charge in [0.1, 0.15) is 12.4 Å². The largest absolute Gasteiger partial charge is 0.481 e. The van der Waals surface area contributed by atoms with E-state index in [4.69, 9.17) is 9.47 Å². The Kier molecular flexibility index (Phi) is 5.78. The molecule has 1 aromatic heterocycles. The topological polar surface area (TPSA) is 54.9 Å². The second-order valence-electron chi connectivity index (χ2n) is 7.77. The molecule has 0 spiro atoms. The minimum absolute atomic E-state index is 0.0443. The zero-order chi connectivity index (χ0) is 20.4. The Bertz CT molecular complexity index is 878. The van der Waals surface area contributed by atoms with E-state index < -0.39 is 0 Å². The summed E-state index contributed by atoms with van der Waals surface area (Å²) in [5.41, 5.74) is 1.81. The Morgan fingerprint density at radius 1 is 1.17 bits per heavy atom. The van der Waals surface area contributed by atoms with Crippen LogP contribution in [0.1, 0.15) is 17.3 Å². The second kappa shape index (κ2) is 8.47. The molecule has 3 atom stereocenters. The number of hydrogen-bond donors (Lipinski definition) is 0. The second-order valence-corrected chi connectivity index (χ2v) is 7.77. The molecule has 7 heteroatoms. The average Bonchev–Trinajstić information content (AvgIpc) is 3.25. The van der Waals surface area contributed by atoms with Crippen LogP contribution in [0.4, 0.5) is 4.39 Å². The third-order valence-corrected chi connectivity index (χ3v) is 5.89. The summed E-state index contributed by atoms with van der Waals surface area (Å²) < 4.78 is 24.2. The smallest absolute Gasteiger partial charge is 0.249 e. The molecule has 0 N–H and O–H groups in total. The molecule has 29 heavy (non-hydrogen) atoms. The highest BCUT2D eigenvalue weighted by atomic mass is 19.1. The van der Waals surface area contributed by atoms with E-state index in [9.17, 15) is 9.18 Å². The molecule has 154 valence electrons. The van der Waals surface area contributed by atoms with Crippen LogP contribution in [-0.4, -0.2) is 61.2 Å². The van der Waals surface area contributed by atoms with Gasteiger partial charge in [0, 0.05) is 45.3 Å². The lowest BCUT2D eigenvalue weighted by Gasteiger charge is -2.30. The molecule has 1 aromatic carbocycles. The van der Waals surface area contributed by atoms with E-state index in [1.54, 1.807) is 19.2 Å². The van der Waals surface area contributed by atoms with E-state index in [0.717, 1.165) is 30.9 Å². The maximum absolute atomic E-state index is 13.9. The van der Waals surface area contributed by atoms with Crippen molar-refractivity contribution >= 4 is 5.91 Å². The van der Waals surface area contributed by atoms with Gasteiger partial charge in [-0.1, -0.05) is 18.2 Å². The van der Waals surface area contributed by atoms with Crippen molar-refractivity contribution in [2.45, 2.75) is 12.6 Å². The summed E-state index contributed by atoms with van der Waals surface area (Å²) in [5.74, 6) is 0.881. The summed E-state index contributed by atoms with van der Waals surface area (Å²) in [6, 6.07) is 12.2. The van der Waals surface area contributed by atoms with E-state index in [0.29, 0.717) is 18.3 Å². The molecule has 0 bridgehead atoms. The SMILES string of the molecule is COCC(=O)N1C[C@H]2CN(Cc3cccc(OC)n3)C[C@H]2[C@@H]1c1cccc(F)c1. The van der Waals surface area contributed by atoms with Crippen LogP contribution < -0.4 is 4.74 Å². The lowest BCUT2D eigenvalue weighted by atomic mass is 9.89. The third kappa shape index (κ3) is 4.11. The Balaban J connectivity index is 1.54. The van der Waals surface area contributed by atoms with E-state index in [1.807, 2.05) is 29.2 Å². The van der Waals surface area contributed by atoms with Gasteiger partial charge in [-0.05, 0) is 29.7 Å². The van der Waals surface area contributed by atoms with Crippen LogP contribution in [0.3, 0.4) is 0 Å². The fourth-order valence-corrected chi connectivity index (χ4v) is 4.74. The van der Waals surface area contributed by atoms with Crippen molar-refractivity contribution in [2.75, 3.05) is 40.5 Å². The molecule has 2 aromatic rings. The lowest BCUT2D eigenvalue weighted by molar-refractivity contribution is -0.136. The first-order valence-corrected chi connectivity index (χ1v) is 9.85. The summed E-state index contributed by atoms with van der Waals surface area (Å²) in [4.78, 5) is 21.4. The fraction of sp³-hybridized carbons (Fsp3) is 0.455. The van der Waals surface area contributed by atoms with Gasteiger partial charge in [0.15, 0.2) is 0 Å². The molecule has 1 amide bonds. The molecule has 2 fully saturated rings. The van der Waals surface area contributed by atoms with Crippen LogP contribution in [0.5, 0.6) is 5.88 Å². The number of methoxy groups -OCH3 is 2. The molecule has 3 heterocycles. The van der Waals surface area contributed by atoms with Crippen molar-refractivity contribution in [2.24, 2.45) is 11.8 Å². The van der Waals surface area contributed by atoms with Gasteiger partial charge in [-0.2, -0.15) is 0 Å². The molecule has 0 unspecified atom stereocenters. The predicted octanol–water partition coefficient (Wildman–Crippen LogP) is 2.51. The number of carbonyl (C=O) groups excluding carboxylic acids is 1. The number of pyridine rings is 1. The Morgan fingerprint density at radius 2 is 2.00 bits per heavy atom. The Hall–Kier alpha value is -2.51. The number of fused-ring (bicyclic) bond motifs is 1. The highest BCUT2D eigenvalue weighted by Gasteiger charge is 2.49. The highest BCUT2D eigenvalue weighted by molar-refractivity contribution is 5.78. The van der Waals surface area contributed by atoms with Gasteiger partial charge < -0.3 is 14.4 Å². The first kappa shape index (κ1) is 19.8. The summed E-state index contributed by atoms with van der Waals surface area (Å²) in [6.07, 6.45) is 0. The Morgan fingerprint density at radius 3 is 2.76 bits per heavy atom. The van der Waals surface area contributed by atoms with Gasteiger partial charge in [-0.25, -0.2) is 9.37 Å². The van der Waals surface area contributed by atoms with Gasteiger partial charge in [0.25, 0.3) is 0 Å². The number of likely N-dealkylation sites (tertiary alicyclic amines) is 2. The van der Waals surface area contributed by atoms with Crippen LogP contribution >= 0.6 is 0 Å². The molecule has 0 saturated carbocycles.